The second-order valence-electron chi connectivity index (χ2n) is 4.21. The highest BCUT2D eigenvalue weighted by Gasteiger charge is 2.19. The van der Waals surface area contributed by atoms with E-state index in [0.29, 0.717) is 0 Å². The zero-order chi connectivity index (χ0) is 10.8. The quantitative estimate of drug-likeness (QED) is 0.688. The lowest BCUT2D eigenvalue weighted by atomic mass is 9.97. The third-order valence-corrected chi connectivity index (χ3v) is 2.98. The highest BCUT2D eigenvalue weighted by atomic mass is 14.2. The zero-order valence-electron chi connectivity index (χ0n) is 9.19. The molecule has 0 unspecified atom stereocenters. The summed E-state index contributed by atoms with van der Waals surface area (Å²) in [6.07, 6.45) is 2.53. The van der Waals surface area contributed by atoms with E-state index in [0.717, 1.165) is 0 Å². The largest absolute Gasteiger partial charge is 0.0622 e. The first-order chi connectivity index (χ1) is 7.95. The number of benzene rings is 2. The molecule has 0 bridgehead atoms. The van der Waals surface area contributed by atoms with Crippen LogP contribution < -0.4 is 0 Å². The molecule has 1 aliphatic carbocycles. The third-order valence-electron chi connectivity index (χ3n) is 2.98. The van der Waals surface area contributed by atoms with Crippen molar-refractivity contribution in [2.75, 3.05) is 0 Å². The minimum absolute atomic E-state index is 1.26. The first-order valence-corrected chi connectivity index (χ1v) is 5.78. The average Bonchev–Trinajstić information content (AvgIpc) is 3.17. The smallest absolute Gasteiger partial charge is 0.0119 e. The maximum absolute atomic E-state index is 2.20. The molecule has 1 fully saturated rings. The van der Waals surface area contributed by atoms with Crippen molar-refractivity contribution in [2.45, 2.75) is 12.8 Å². The molecule has 1 saturated carbocycles. The Labute approximate surface area is 96.3 Å². The number of allylic oxidation sites excluding steroid dienone is 1. The molecule has 78 valence electrons. The van der Waals surface area contributed by atoms with Crippen molar-refractivity contribution < 1.29 is 0 Å². The Bertz CT molecular complexity index is 459. The van der Waals surface area contributed by atoms with E-state index >= 15 is 0 Å². The molecule has 0 amide bonds. The molecule has 0 heterocycles. The first-order valence-electron chi connectivity index (χ1n) is 5.78. The molecule has 3 rings (SSSR count). The van der Waals surface area contributed by atoms with E-state index in [4.69, 9.17) is 0 Å². The van der Waals surface area contributed by atoms with Gasteiger partial charge in [-0.15, -0.1) is 0 Å². The van der Waals surface area contributed by atoms with Gasteiger partial charge in [-0.1, -0.05) is 66.2 Å². The number of hydrogen-bond donors (Lipinski definition) is 0. The van der Waals surface area contributed by atoms with Crippen LogP contribution >= 0.6 is 0 Å². The van der Waals surface area contributed by atoms with Gasteiger partial charge in [0.25, 0.3) is 0 Å². The van der Waals surface area contributed by atoms with Crippen molar-refractivity contribution in [3.63, 3.8) is 0 Å². The fourth-order valence-corrected chi connectivity index (χ4v) is 2.10. The summed E-state index contributed by atoms with van der Waals surface area (Å²) in [5.41, 5.74) is 5.74. The van der Waals surface area contributed by atoms with Crippen LogP contribution in [0.2, 0.25) is 0 Å². The lowest BCUT2D eigenvalue weighted by Crippen LogP contribution is -1.87. The summed E-state index contributed by atoms with van der Waals surface area (Å²) in [7, 11) is 0. The van der Waals surface area contributed by atoms with Crippen LogP contribution in [0.15, 0.2) is 66.2 Å². The van der Waals surface area contributed by atoms with Gasteiger partial charge in [-0.3, -0.25) is 0 Å². The molecule has 0 saturated heterocycles. The molecule has 16 heavy (non-hydrogen) atoms. The SMILES string of the molecule is c1ccc(C(=C2CC2)c2ccccc2)cc1. The minimum Gasteiger partial charge on any atom is -0.0622 e. The maximum Gasteiger partial charge on any atom is -0.0119 e. The van der Waals surface area contributed by atoms with Crippen LogP contribution in [0, 0.1) is 0 Å². The predicted molar refractivity (Wildman–Crippen MR) is 68.1 cm³/mol. The number of rotatable bonds is 2. The molecule has 0 spiro atoms. The minimum atomic E-state index is 1.26. The van der Waals surface area contributed by atoms with Gasteiger partial charge in [-0.05, 0) is 29.5 Å². The van der Waals surface area contributed by atoms with Crippen molar-refractivity contribution in [1.82, 2.24) is 0 Å². The summed E-state index contributed by atoms with van der Waals surface area (Å²) in [6, 6.07) is 21.4. The van der Waals surface area contributed by atoms with E-state index < -0.39 is 0 Å². The molecule has 2 aromatic carbocycles. The molecule has 0 N–H and O–H groups in total. The van der Waals surface area contributed by atoms with Crippen molar-refractivity contribution in [2.24, 2.45) is 0 Å². The van der Waals surface area contributed by atoms with E-state index in [1.165, 1.54) is 29.5 Å². The third kappa shape index (κ3) is 1.79. The average molecular weight is 206 g/mol. The van der Waals surface area contributed by atoms with E-state index in [2.05, 4.69) is 60.7 Å². The molecule has 0 heteroatoms. The molecule has 1 aliphatic rings. The van der Waals surface area contributed by atoms with Crippen LogP contribution in [0.25, 0.3) is 5.57 Å². The van der Waals surface area contributed by atoms with E-state index in [1.807, 2.05) is 0 Å². The van der Waals surface area contributed by atoms with Gasteiger partial charge >= 0.3 is 0 Å². The Kier molecular flexibility index (Phi) is 2.34. The highest BCUT2D eigenvalue weighted by molar-refractivity contribution is 5.83. The van der Waals surface area contributed by atoms with Crippen LogP contribution in [0.3, 0.4) is 0 Å². The molecule has 2 aromatic rings. The lowest BCUT2D eigenvalue weighted by molar-refractivity contribution is 1.50. The van der Waals surface area contributed by atoms with Gasteiger partial charge in [0.05, 0.1) is 0 Å². The molecular formula is C16H14. The summed E-state index contributed by atoms with van der Waals surface area (Å²) < 4.78 is 0. The van der Waals surface area contributed by atoms with Crippen molar-refractivity contribution in [3.8, 4) is 0 Å². The Hall–Kier alpha value is -1.82. The predicted octanol–water partition coefficient (Wildman–Crippen LogP) is 4.28. The Morgan fingerprint density at radius 3 is 1.44 bits per heavy atom. The molecule has 0 atom stereocenters. The van der Waals surface area contributed by atoms with Gasteiger partial charge in [0, 0.05) is 0 Å². The van der Waals surface area contributed by atoms with Gasteiger partial charge in [-0.2, -0.15) is 0 Å². The zero-order valence-corrected chi connectivity index (χ0v) is 9.19. The fourth-order valence-electron chi connectivity index (χ4n) is 2.10. The van der Waals surface area contributed by atoms with Gasteiger partial charge in [0.2, 0.25) is 0 Å². The number of hydrogen-bond acceptors (Lipinski definition) is 0. The fraction of sp³-hybridized carbons (Fsp3) is 0.125. The van der Waals surface area contributed by atoms with E-state index in [9.17, 15) is 0 Å². The second kappa shape index (κ2) is 3.97. The van der Waals surface area contributed by atoms with Crippen LogP contribution in [0.4, 0.5) is 0 Å². The Balaban J connectivity index is 2.12. The first kappa shape index (κ1) is 9.41. The second-order valence-corrected chi connectivity index (χ2v) is 4.21. The van der Waals surface area contributed by atoms with Crippen LogP contribution in [-0.4, -0.2) is 0 Å². The summed E-state index contributed by atoms with van der Waals surface area (Å²) >= 11 is 0. The van der Waals surface area contributed by atoms with Crippen LogP contribution in [-0.2, 0) is 0 Å². The molecule has 0 aromatic heterocycles. The molecule has 0 nitrogen and oxygen atoms in total. The molecule has 0 aliphatic heterocycles. The summed E-state index contributed by atoms with van der Waals surface area (Å²) in [6.45, 7) is 0. The van der Waals surface area contributed by atoms with E-state index in [1.54, 1.807) is 5.57 Å². The Morgan fingerprint density at radius 1 is 0.625 bits per heavy atom. The van der Waals surface area contributed by atoms with Crippen molar-refractivity contribution in [3.05, 3.63) is 77.4 Å². The lowest BCUT2D eigenvalue weighted by Gasteiger charge is -2.07. The van der Waals surface area contributed by atoms with Crippen LogP contribution in [0.5, 0.6) is 0 Å². The van der Waals surface area contributed by atoms with Gasteiger partial charge in [-0.25, -0.2) is 0 Å². The van der Waals surface area contributed by atoms with Crippen molar-refractivity contribution in [1.29, 1.82) is 0 Å². The van der Waals surface area contributed by atoms with Gasteiger partial charge < -0.3 is 0 Å². The van der Waals surface area contributed by atoms with Crippen LogP contribution in [0.1, 0.15) is 24.0 Å². The normalized spacial score (nSPS) is 13.6. The monoisotopic (exact) mass is 206 g/mol. The topological polar surface area (TPSA) is 0 Å². The van der Waals surface area contributed by atoms with E-state index in [-0.39, 0.29) is 0 Å². The summed E-state index contributed by atoms with van der Waals surface area (Å²) in [4.78, 5) is 0. The highest BCUT2D eigenvalue weighted by Crippen LogP contribution is 2.39. The molecular weight excluding hydrogens is 192 g/mol. The summed E-state index contributed by atoms with van der Waals surface area (Å²) in [5, 5.41) is 0. The van der Waals surface area contributed by atoms with Gasteiger partial charge in [0.15, 0.2) is 0 Å². The Morgan fingerprint density at radius 2 is 1.06 bits per heavy atom. The summed E-state index contributed by atoms with van der Waals surface area (Å²) in [5.74, 6) is 0. The standard InChI is InChI=1S/C16H14/c1-3-7-13(8-4-1)16(15-11-12-15)14-9-5-2-6-10-14/h1-10H,11-12H2. The van der Waals surface area contributed by atoms with Crippen molar-refractivity contribution >= 4 is 5.57 Å². The maximum atomic E-state index is 2.20. The molecule has 0 radical (unpaired) electrons. The van der Waals surface area contributed by atoms with Gasteiger partial charge in [0.1, 0.15) is 0 Å².